The Kier molecular flexibility index (Phi) is 7.90. The number of amides is 1. The van der Waals surface area contributed by atoms with Crippen molar-refractivity contribution >= 4 is 28.0 Å². The third-order valence-corrected chi connectivity index (χ3v) is 6.19. The summed E-state index contributed by atoms with van der Waals surface area (Å²) >= 11 is 0. The van der Waals surface area contributed by atoms with E-state index in [1.165, 1.54) is 0 Å². The molecule has 0 unspecified atom stereocenters. The summed E-state index contributed by atoms with van der Waals surface area (Å²) in [6.45, 7) is 4.19. The van der Waals surface area contributed by atoms with Crippen molar-refractivity contribution in [2.24, 2.45) is 0 Å². The lowest BCUT2D eigenvalue weighted by atomic mass is 9.92. The number of nitrogens with one attached hydrogen (secondary N) is 1. The number of carbonyl (C=O) groups is 1. The maximum atomic E-state index is 13.3. The molecule has 4 aromatic rings. The van der Waals surface area contributed by atoms with Crippen molar-refractivity contribution in [1.29, 1.82) is 5.26 Å². The summed E-state index contributed by atoms with van der Waals surface area (Å²) in [7, 11) is 0. The predicted molar refractivity (Wildman–Crippen MR) is 146 cm³/mol. The number of carbonyl (C=O) groups excluding carboxylic acids is 1. The molecular weight excluding hydrogens is 500 g/mol. The second-order valence-electron chi connectivity index (χ2n) is 10.4. The van der Waals surface area contributed by atoms with E-state index in [1.807, 2.05) is 0 Å². The highest BCUT2D eigenvalue weighted by atomic mass is 16.6. The van der Waals surface area contributed by atoms with Crippen LogP contribution in [0.5, 0.6) is 11.5 Å². The summed E-state index contributed by atoms with van der Waals surface area (Å²) in [6.07, 6.45) is -0.166. The number of hydrogen-bond acceptors (Lipinski definition) is 8. The molecule has 0 atom stereocenters. The van der Waals surface area contributed by atoms with Gasteiger partial charge in [-0.3, -0.25) is 4.79 Å². The number of aliphatic hydroxyl groups excluding tert-OH is 2. The van der Waals surface area contributed by atoms with Gasteiger partial charge in [-0.1, -0.05) is 6.07 Å². The van der Waals surface area contributed by atoms with Crippen LogP contribution in [-0.4, -0.2) is 40.7 Å². The fraction of sp³-hybridized carbons (Fsp3) is 0.300. The van der Waals surface area contributed by atoms with Crippen molar-refractivity contribution in [3.63, 3.8) is 0 Å². The molecular formula is C30H30N2O7. The van der Waals surface area contributed by atoms with Gasteiger partial charge in [0.2, 0.25) is 5.43 Å². The number of ether oxygens (including phenoxy) is 2. The molecule has 4 rings (SSSR count). The number of hydrogen-bond donors (Lipinski definition) is 3. The molecule has 0 aliphatic carbocycles. The van der Waals surface area contributed by atoms with Gasteiger partial charge in [0.15, 0.2) is 0 Å². The molecule has 1 aromatic heterocycles. The van der Waals surface area contributed by atoms with E-state index in [-0.39, 0.29) is 11.8 Å². The van der Waals surface area contributed by atoms with Gasteiger partial charge >= 0.3 is 6.09 Å². The number of benzene rings is 3. The number of fused-ring (bicyclic) bond motifs is 2. The maximum Gasteiger partial charge on any atom is 0.408 e. The number of aryl methyl sites for hydroxylation is 1. The van der Waals surface area contributed by atoms with Gasteiger partial charge in [0, 0.05) is 6.07 Å². The second kappa shape index (κ2) is 11.2. The minimum atomic E-state index is -1.29. The molecule has 0 spiro atoms. The molecule has 39 heavy (non-hydrogen) atoms. The smallest absolute Gasteiger partial charge is 0.408 e. The lowest BCUT2D eigenvalue weighted by Gasteiger charge is -2.32. The summed E-state index contributed by atoms with van der Waals surface area (Å²) in [4.78, 5) is 25.6. The summed E-state index contributed by atoms with van der Waals surface area (Å²) in [5.41, 5.74) is -0.173. The Balaban J connectivity index is 1.55. The van der Waals surface area contributed by atoms with Crippen LogP contribution in [0.25, 0.3) is 21.9 Å². The van der Waals surface area contributed by atoms with Crippen LogP contribution in [0.15, 0.2) is 69.9 Å². The van der Waals surface area contributed by atoms with Crippen LogP contribution >= 0.6 is 0 Å². The molecule has 9 nitrogen and oxygen atoms in total. The first-order chi connectivity index (χ1) is 18.5. The Hall–Kier alpha value is -4.39. The normalized spacial score (nSPS) is 11.8. The third kappa shape index (κ3) is 6.55. The van der Waals surface area contributed by atoms with Crippen molar-refractivity contribution in [2.75, 3.05) is 13.2 Å². The molecule has 9 heteroatoms. The van der Waals surface area contributed by atoms with E-state index >= 15 is 0 Å². The van der Waals surface area contributed by atoms with E-state index < -0.39 is 30.4 Å². The Morgan fingerprint density at radius 3 is 2.28 bits per heavy atom. The van der Waals surface area contributed by atoms with Gasteiger partial charge in [-0.25, -0.2) is 4.79 Å². The Bertz CT molecular complexity index is 1590. The van der Waals surface area contributed by atoms with E-state index in [2.05, 4.69) is 11.4 Å². The van der Waals surface area contributed by atoms with E-state index in [0.717, 1.165) is 5.56 Å². The topological polar surface area (TPSA) is 142 Å². The lowest BCUT2D eigenvalue weighted by Crippen LogP contribution is -2.55. The van der Waals surface area contributed by atoms with Gasteiger partial charge < -0.3 is 29.4 Å². The summed E-state index contributed by atoms with van der Waals surface area (Å²) in [5, 5.41) is 32.2. The van der Waals surface area contributed by atoms with Crippen LogP contribution in [0.4, 0.5) is 4.79 Å². The average molecular weight is 531 g/mol. The average Bonchev–Trinajstić information content (AvgIpc) is 2.90. The molecule has 1 heterocycles. The third-order valence-electron chi connectivity index (χ3n) is 6.19. The molecule has 0 aliphatic heterocycles. The monoisotopic (exact) mass is 530 g/mol. The molecule has 3 N–H and O–H groups in total. The van der Waals surface area contributed by atoms with Gasteiger partial charge in [0.05, 0.1) is 41.2 Å². The number of aliphatic hydroxyl groups is 2. The molecule has 3 aromatic carbocycles. The minimum Gasteiger partial charge on any atom is -0.457 e. The number of nitrogens with zero attached hydrogens (tertiary/aromatic N) is 1. The van der Waals surface area contributed by atoms with Crippen molar-refractivity contribution in [2.45, 2.75) is 44.8 Å². The van der Waals surface area contributed by atoms with Gasteiger partial charge in [0.25, 0.3) is 0 Å². The predicted octanol–water partition coefficient (Wildman–Crippen LogP) is 4.79. The van der Waals surface area contributed by atoms with Gasteiger partial charge in [-0.15, -0.1) is 0 Å². The Morgan fingerprint density at radius 1 is 0.949 bits per heavy atom. The fourth-order valence-electron chi connectivity index (χ4n) is 4.09. The van der Waals surface area contributed by atoms with Crippen LogP contribution in [0.1, 0.15) is 38.3 Å². The largest absolute Gasteiger partial charge is 0.457 e. The van der Waals surface area contributed by atoms with Crippen LogP contribution < -0.4 is 15.5 Å². The van der Waals surface area contributed by atoms with Crippen molar-refractivity contribution < 1.29 is 28.9 Å². The summed E-state index contributed by atoms with van der Waals surface area (Å²) < 4.78 is 17.1. The highest BCUT2D eigenvalue weighted by Gasteiger charge is 2.32. The van der Waals surface area contributed by atoms with Crippen molar-refractivity contribution in [1.82, 2.24) is 5.32 Å². The van der Waals surface area contributed by atoms with E-state index in [0.29, 0.717) is 45.4 Å². The standard InChI is InChI=1S/C30H30N2O7/c1-29(2,3)39-28(36)32-30(17-33,18-34)13-12-19-6-11-25-24(14-19)27(35)23-10-9-22(15-26(23)38-25)37-21-7-4-20(16-31)5-8-21/h4-11,14-15,33-34H,12-13,17-18H2,1-3H3,(H,32,36). The van der Waals surface area contributed by atoms with Gasteiger partial charge in [-0.05, 0) is 87.7 Å². The van der Waals surface area contributed by atoms with E-state index in [4.69, 9.17) is 19.2 Å². The second-order valence-corrected chi connectivity index (χ2v) is 10.4. The number of rotatable bonds is 8. The zero-order valence-electron chi connectivity index (χ0n) is 22.0. The quantitative estimate of drug-likeness (QED) is 0.276. The minimum absolute atomic E-state index is 0.208. The molecule has 1 amide bonds. The number of nitriles is 1. The van der Waals surface area contributed by atoms with Crippen LogP contribution in [0, 0.1) is 11.3 Å². The highest BCUT2D eigenvalue weighted by molar-refractivity contribution is 5.90. The number of alkyl carbamates (subject to hydrolysis) is 1. The van der Waals surface area contributed by atoms with Crippen LogP contribution in [0.2, 0.25) is 0 Å². The SMILES string of the molecule is CC(C)(C)OC(=O)NC(CO)(CO)CCc1ccc2oc3cc(Oc4ccc(C#N)cc4)ccc3c(=O)c2c1. The molecule has 0 saturated carbocycles. The Labute approximate surface area is 225 Å². The maximum absolute atomic E-state index is 13.3. The molecule has 0 radical (unpaired) electrons. The van der Waals surface area contributed by atoms with Crippen molar-refractivity contribution in [3.05, 3.63) is 82.0 Å². The lowest BCUT2D eigenvalue weighted by molar-refractivity contribution is 0.0276. The highest BCUT2D eigenvalue weighted by Crippen LogP contribution is 2.28. The first-order valence-corrected chi connectivity index (χ1v) is 12.5. The molecule has 202 valence electrons. The summed E-state index contributed by atoms with van der Waals surface area (Å²) in [5.74, 6) is 1.03. The fourth-order valence-corrected chi connectivity index (χ4v) is 4.09. The molecule has 0 aliphatic rings. The van der Waals surface area contributed by atoms with Crippen LogP contribution in [0.3, 0.4) is 0 Å². The molecule has 0 bridgehead atoms. The van der Waals surface area contributed by atoms with Gasteiger partial charge in [-0.2, -0.15) is 5.26 Å². The first kappa shape index (κ1) is 27.6. The first-order valence-electron chi connectivity index (χ1n) is 12.5. The summed E-state index contributed by atoms with van der Waals surface area (Å²) in [6, 6.07) is 18.9. The Morgan fingerprint density at radius 2 is 1.64 bits per heavy atom. The zero-order valence-corrected chi connectivity index (χ0v) is 22.0. The zero-order chi connectivity index (χ0) is 28.2. The van der Waals surface area contributed by atoms with Crippen molar-refractivity contribution in [3.8, 4) is 17.6 Å². The molecule has 0 fully saturated rings. The van der Waals surface area contributed by atoms with E-state index in [1.54, 1.807) is 81.4 Å². The van der Waals surface area contributed by atoms with Crippen LogP contribution in [-0.2, 0) is 11.2 Å². The van der Waals surface area contributed by atoms with E-state index in [9.17, 15) is 19.8 Å². The van der Waals surface area contributed by atoms with Gasteiger partial charge in [0.1, 0.15) is 28.3 Å². The molecule has 0 saturated heterocycles.